The number of nitrogens with zero attached hydrogens (tertiary/aromatic N) is 4. The molecule has 3 aromatic rings. The molecule has 0 fully saturated rings. The van der Waals surface area contributed by atoms with Crippen LogP contribution in [0, 0.1) is 13.8 Å². The van der Waals surface area contributed by atoms with E-state index in [0.717, 1.165) is 16.8 Å². The van der Waals surface area contributed by atoms with Crippen LogP contribution in [0.25, 0.3) is 5.69 Å². The summed E-state index contributed by atoms with van der Waals surface area (Å²) in [6.45, 7) is 6.03. The Balaban J connectivity index is 1.62. The third-order valence-electron chi connectivity index (χ3n) is 4.26. The first-order valence-corrected chi connectivity index (χ1v) is 9.84. The van der Waals surface area contributed by atoms with Crippen LogP contribution in [0.2, 0.25) is 5.02 Å². The van der Waals surface area contributed by atoms with Gasteiger partial charge in [-0.25, -0.2) is 0 Å². The van der Waals surface area contributed by atoms with Crippen LogP contribution < -0.4 is 5.32 Å². The molecule has 0 saturated heterocycles. The predicted molar refractivity (Wildman–Crippen MR) is 107 cm³/mol. The van der Waals surface area contributed by atoms with Crippen LogP contribution in [0.15, 0.2) is 47.6 Å². The minimum atomic E-state index is -0.105. The summed E-state index contributed by atoms with van der Waals surface area (Å²) in [6, 6.07) is 13.3. The topological polar surface area (TPSA) is 72.7 Å². The first-order chi connectivity index (χ1) is 12.9. The van der Waals surface area contributed by atoms with Crippen LogP contribution in [-0.2, 0) is 4.79 Å². The second-order valence-electron chi connectivity index (χ2n) is 6.27. The average Bonchev–Trinajstić information content (AvgIpc) is 3.11. The van der Waals surface area contributed by atoms with E-state index in [9.17, 15) is 4.79 Å². The summed E-state index contributed by atoms with van der Waals surface area (Å²) in [5, 5.41) is 16.0. The van der Waals surface area contributed by atoms with Gasteiger partial charge >= 0.3 is 0 Å². The maximum absolute atomic E-state index is 12.3. The van der Waals surface area contributed by atoms with Crippen molar-refractivity contribution in [2.24, 2.45) is 0 Å². The molecule has 1 heterocycles. The number of tetrazole rings is 1. The fourth-order valence-electron chi connectivity index (χ4n) is 2.54. The summed E-state index contributed by atoms with van der Waals surface area (Å²) in [5.41, 5.74) is 4.24. The molecule has 27 heavy (non-hydrogen) atoms. The molecule has 1 atom stereocenters. The van der Waals surface area contributed by atoms with Gasteiger partial charge in [0.1, 0.15) is 0 Å². The fourth-order valence-corrected chi connectivity index (χ4v) is 3.36. The van der Waals surface area contributed by atoms with E-state index in [1.54, 1.807) is 4.68 Å². The normalized spacial score (nSPS) is 12.0. The number of aromatic nitrogens is 4. The van der Waals surface area contributed by atoms with E-state index in [1.807, 2.05) is 56.3 Å². The third kappa shape index (κ3) is 4.87. The summed E-state index contributed by atoms with van der Waals surface area (Å²) in [6.07, 6.45) is 0. The molecule has 8 heteroatoms. The first-order valence-electron chi connectivity index (χ1n) is 8.47. The molecule has 6 nitrogen and oxygen atoms in total. The highest BCUT2D eigenvalue weighted by atomic mass is 35.5. The Kier molecular flexibility index (Phi) is 6.13. The molecule has 0 spiro atoms. The second kappa shape index (κ2) is 8.54. The molecule has 0 radical (unpaired) electrons. The lowest BCUT2D eigenvalue weighted by molar-refractivity contribution is -0.119. The highest BCUT2D eigenvalue weighted by Crippen LogP contribution is 2.21. The molecule has 1 N–H and O–H groups in total. The SMILES string of the molecule is Cc1ccc(-n2nnnc2SCC(=O)N[C@H](C)c2ccc(Cl)cc2)cc1C. The molecule has 0 aliphatic rings. The molecule has 0 aliphatic carbocycles. The van der Waals surface area contributed by atoms with E-state index in [1.165, 1.54) is 17.3 Å². The summed E-state index contributed by atoms with van der Waals surface area (Å²) in [7, 11) is 0. The van der Waals surface area contributed by atoms with Gasteiger partial charge in [-0.1, -0.05) is 41.6 Å². The fraction of sp³-hybridized carbons (Fsp3) is 0.263. The van der Waals surface area contributed by atoms with Gasteiger partial charge in [-0.3, -0.25) is 4.79 Å². The molecule has 1 aromatic heterocycles. The maximum Gasteiger partial charge on any atom is 0.230 e. The van der Waals surface area contributed by atoms with Crippen LogP contribution in [-0.4, -0.2) is 31.9 Å². The Morgan fingerprint density at radius 1 is 1.19 bits per heavy atom. The van der Waals surface area contributed by atoms with Crippen LogP contribution in [0.3, 0.4) is 0 Å². The van der Waals surface area contributed by atoms with Crippen molar-refractivity contribution in [3.05, 3.63) is 64.2 Å². The molecule has 3 rings (SSSR count). The Labute approximate surface area is 167 Å². The first kappa shape index (κ1) is 19.4. The molecule has 0 bridgehead atoms. The van der Waals surface area contributed by atoms with Crippen LogP contribution in [0.5, 0.6) is 0 Å². The Bertz CT molecular complexity index is 942. The van der Waals surface area contributed by atoms with Gasteiger partial charge in [-0.2, -0.15) is 4.68 Å². The number of benzene rings is 2. The third-order valence-corrected chi connectivity index (χ3v) is 5.43. The van der Waals surface area contributed by atoms with Gasteiger partial charge < -0.3 is 5.32 Å². The van der Waals surface area contributed by atoms with Gasteiger partial charge in [0.25, 0.3) is 0 Å². The molecule has 0 saturated carbocycles. The molecule has 0 unspecified atom stereocenters. The Hall–Kier alpha value is -2.38. The number of aryl methyl sites for hydroxylation is 2. The lowest BCUT2D eigenvalue weighted by atomic mass is 10.1. The number of rotatable bonds is 6. The lowest BCUT2D eigenvalue weighted by Crippen LogP contribution is -2.28. The number of carbonyl (C=O) groups is 1. The van der Waals surface area contributed by atoms with Gasteiger partial charge in [0.2, 0.25) is 11.1 Å². The van der Waals surface area contributed by atoms with Gasteiger partial charge in [0.05, 0.1) is 17.5 Å². The van der Waals surface area contributed by atoms with Crippen LogP contribution in [0.1, 0.15) is 29.7 Å². The number of amides is 1. The zero-order valence-corrected chi connectivity index (χ0v) is 16.9. The predicted octanol–water partition coefficient (Wildman–Crippen LogP) is 3.90. The maximum atomic E-state index is 12.3. The quantitative estimate of drug-likeness (QED) is 0.634. The Morgan fingerprint density at radius 2 is 1.93 bits per heavy atom. The molecule has 140 valence electrons. The van der Waals surface area contributed by atoms with Crippen molar-refractivity contribution in [3.8, 4) is 5.69 Å². The number of halogens is 1. The summed E-state index contributed by atoms with van der Waals surface area (Å²) >= 11 is 7.20. The molecular weight excluding hydrogens is 382 g/mol. The Morgan fingerprint density at radius 3 is 2.63 bits per heavy atom. The smallest absolute Gasteiger partial charge is 0.230 e. The van der Waals surface area contributed by atoms with Crippen molar-refractivity contribution >= 4 is 29.3 Å². The summed E-state index contributed by atoms with van der Waals surface area (Å²) in [5.74, 6) is 0.139. The standard InChI is InChI=1S/C19H20ClN5OS/c1-12-4-9-17(10-13(12)2)25-19(22-23-24-25)27-11-18(26)21-14(3)15-5-7-16(20)8-6-15/h4-10,14H,11H2,1-3H3,(H,21,26)/t14-/m1/s1. The number of hydrogen-bond donors (Lipinski definition) is 1. The minimum absolute atomic E-state index is 0.0860. The van der Waals surface area contributed by atoms with Crippen molar-refractivity contribution in [1.29, 1.82) is 0 Å². The molecule has 2 aromatic carbocycles. The zero-order valence-electron chi connectivity index (χ0n) is 15.3. The van der Waals surface area contributed by atoms with E-state index in [2.05, 4.69) is 27.8 Å². The highest BCUT2D eigenvalue weighted by molar-refractivity contribution is 7.99. The largest absolute Gasteiger partial charge is 0.349 e. The number of carbonyl (C=O) groups excluding carboxylic acids is 1. The summed E-state index contributed by atoms with van der Waals surface area (Å²) in [4.78, 5) is 12.3. The van der Waals surface area contributed by atoms with Gasteiger partial charge in [-0.15, -0.1) is 5.10 Å². The van der Waals surface area contributed by atoms with E-state index >= 15 is 0 Å². The van der Waals surface area contributed by atoms with Crippen molar-refractivity contribution in [3.63, 3.8) is 0 Å². The molecular formula is C19H20ClN5OS. The van der Waals surface area contributed by atoms with Gasteiger partial charge in [0.15, 0.2) is 0 Å². The average molecular weight is 402 g/mol. The number of thioether (sulfide) groups is 1. The molecule has 0 aliphatic heterocycles. The number of hydrogen-bond acceptors (Lipinski definition) is 5. The zero-order chi connectivity index (χ0) is 19.4. The minimum Gasteiger partial charge on any atom is -0.349 e. The van der Waals surface area contributed by atoms with E-state index in [4.69, 9.17) is 11.6 Å². The van der Waals surface area contributed by atoms with E-state index in [-0.39, 0.29) is 17.7 Å². The van der Waals surface area contributed by atoms with Crippen molar-refractivity contribution in [1.82, 2.24) is 25.5 Å². The lowest BCUT2D eigenvalue weighted by Gasteiger charge is -2.14. The summed E-state index contributed by atoms with van der Waals surface area (Å²) < 4.78 is 1.65. The van der Waals surface area contributed by atoms with Crippen molar-refractivity contribution in [2.75, 3.05) is 5.75 Å². The van der Waals surface area contributed by atoms with E-state index in [0.29, 0.717) is 10.2 Å². The monoisotopic (exact) mass is 401 g/mol. The van der Waals surface area contributed by atoms with E-state index < -0.39 is 0 Å². The molecule has 1 amide bonds. The van der Waals surface area contributed by atoms with Crippen molar-refractivity contribution in [2.45, 2.75) is 32.0 Å². The van der Waals surface area contributed by atoms with Crippen LogP contribution in [0.4, 0.5) is 0 Å². The van der Waals surface area contributed by atoms with Gasteiger partial charge in [-0.05, 0) is 72.2 Å². The van der Waals surface area contributed by atoms with Crippen molar-refractivity contribution < 1.29 is 4.79 Å². The number of nitrogens with one attached hydrogen (secondary N) is 1. The second-order valence-corrected chi connectivity index (χ2v) is 7.65. The highest BCUT2D eigenvalue weighted by Gasteiger charge is 2.14. The van der Waals surface area contributed by atoms with Gasteiger partial charge in [0, 0.05) is 5.02 Å². The van der Waals surface area contributed by atoms with Crippen LogP contribution >= 0.6 is 23.4 Å².